The zero-order chi connectivity index (χ0) is 47.1. The molecule has 0 radical (unpaired) electrons. The highest BCUT2D eigenvalue weighted by molar-refractivity contribution is 7.45. The van der Waals surface area contributed by atoms with Gasteiger partial charge in [-0.05, 0) is 83.5 Å². The Morgan fingerprint density at radius 1 is 0.500 bits per heavy atom. The molecule has 10 heteroatoms. The van der Waals surface area contributed by atoms with Gasteiger partial charge in [-0.2, -0.15) is 0 Å². The Hall–Kier alpha value is -2.55. The molecule has 0 N–H and O–H groups in total. The van der Waals surface area contributed by atoms with Gasteiger partial charge in [-0.3, -0.25) is 14.2 Å². The number of esters is 2. The maximum Gasteiger partial charge on any atom is 0.306 e. The van der Waals surface area contributed by atoms with E-state index < -0.39 is 32.5 Å². The molecule has 9 nitrogen and oxygen atoms in total. The van der Waals surface area contributed by atoms with E-state index in [0.29, 0.717) is 17.4 Å². The van der Waals surface area contributed by atoms with Crippen molar-refractivity contribution in [1.29, 1.82) is 0 Å². The van der Waals surface area contributed by atoms with Gasteiger partial charge in [-0.25, -0.2) is 0 Å². The zero-order valence-electron chi connectivity index (χ0n) is 41.7. The second-order valence-electron chi connectivity index (χ2n) is 18.1. The van der Waals surface area contributed by atoms with Crippen LogP contribution in [0.2, 0.25) is 0 Å². The molecule has 0 aromatic carbocycles. The third-order valence-corrected chi connectivity index (χ3v) is 11.7. The number of carbonyl (C=O) groups excluding carboxylic acids is 2. The Labute approximate surface area is 393 Å². The third kappa shape index (κ3) is 48.9. The molecule has 0 bridgehead atoms. The van der Waals surface area contributed by atoms with Crippen molar-refractivity contribution in [3.05, 3.63) is 72.9 Å². The van der Waals surface area contributed by atoms with Crippen LogP contribution in [0.25, 0.3) is 0 Å². The Balaban J connectivity index is 4.28. The van der Waals surface area contributed by atoms with E-state index >= 15 is 0 Å². The second kappa shape index (κ2) is 45.6. The minimum Gasteiger partial charge on any atom is -0.756 e. The molecule has 0 rings (SSSR count). The van der Waals surface area contributed by atoms with Gasteiger partial charge < -0.3 is 27.9 Å². The second-order valence-corrected chi connectivity index (χ2v) is 19.6. The van der Waals surface area contributed by atoms with E-state index in [2.05, 4.69) is 86.8 Å². The van der Waals surface area contributed by atoms with E-state index in [1.807, 2.05) is 21.1 Å². The summed E-state index contributed by atoms with van der Waals surface area (Å²) in [6.07, 6.45) is 57.8. The van der Waals surface area contributed by atoms with Gasteiger partial charge in [0.05, 0.1) is 27.7 Å². The van der Waals surface area contributed by atoms with Crippen molar-refractivity contribution in [3.8, 4) is 0 Å². The average molecular weight is 918 g/mol. The molecule has 0 heterocycles. The molecule has 0 aliphatic rings. The van der Waals surface area contributed by atoms with Gasteiger partial charge in [0.15, 0.2) is 6.10 Å². The molecule has 0 spiro atoms. The summed E-state index contributed by atoms with van der Waals surface area (Å²) in [5.41, 5.74) is 0. The normalized spacial score (nSPS) is 14.0. The topological polar surface area (TPSA) is 111 Å². The predicted molar refractivity (Wildman–Crippen MR) is 268 cm³/mol. The molecule has 0 saturated heterocycles. The minimum absolute atomic E-state index is 0.0364. The smallest absolute Gasteiger partial charge is 0.306 e. The van der Waals surface area contributed by atoms with E-state index in [9.17, 15) is 19.0 Å². The lowest BCUT2D eigenvalue weighted by molar-refractivity contribution is -0.870. The monoisotopic (exact) mass is 918 g/mol. The van der Waals surface area contributed by atoms with Crippen LogP contribution in [0.3, 0.4) is 0 Å². The fraction of sp³-hybridized carbons (Fsp3) is 0.741. The van der Waals surface area contributed by atoms with Gasteiger partial charge in [-0.1, -0.05) is 183 Å². The lowest BCUT2D eigenvalue weighted by Gasteiger charge is -2.28. The number of hydrogen-bond donors (Lipinski definition) is 0. The number of allylic oxidation sites excluding steroid dienone is 12. The first kappa shape index (κ1) is 61.5. The standard InChI is InChI=1S/C54H96NO8P/c1-6-8-10-12-14-16-18-20-22-24-26-27-29-31-33-35-37-39-41-43-45-47-54(57)63-52(51-62-64(58,59)61-49-48-55(3,4)5)50-60-53(56)46-44-42-40-38-36-34-32-30-28-25-23-21-19-17-15-13-11-9-7-2/h8,10,14-17,20-23,26-27,52H,6-7,9,11-13,18-19,24-25,28-51H2,1-5H3/b10-8-,16-14-,17-15-,22-20-,23-21-,27-26-. The lowest BCUT2D eigenvalue weighted by atomic mass is 10.1. The summed E-state index contributed by atoms with van der Waals surface area (Å²) < 4.78 is 34.1. The van der Waals surface area contributed by atoms with Crippen LogP contribution in [-0.4, -0.2) is 70.0 Å². The number of likely N-dealkylation sites (N-methyl/N-ethyl adjacent to an activating group) is 1. The largest absolute Gasteiger partial charge is 0.756 e. The van der Waals surface area contributed by atoms with Crippen LogP contribution in [0.1, 0.15) is 206 Å². The maximum atomic E-state index is 12.7. The number of ether oxygens (including phenoxy) is 2. The molecular weight excluding hydrogens is 822 g/mol. The summed E-state index contributed by atoms with van der Waals surface area (Å²) in [6, 6.07) is 0. The lowest BCUT2D eigenvalue weighted by Crippen LogP contribution is -2.37. The first-order chi connectivity index (χ1) is 31.0. The number of phosphoric ester groups is 1. The molecule has 0 aromatic rings. The van der Waals surface area contributed by atoms with Gasteiger partial charge in [0.1, 0.15) is 19.8 Å². The Morgan fingerprint density at radius 3 is 1.33 bits per heavy atom. The van der Waals surface area contributed by atoms with Crippen LogP contribution in [0.5, 0.6) is 0 Å². The number of hydrogen-bond acceptors (Lipinski definition) is 8. The van der Waals surface area contributed by atoms with Gasteiger partial charge in [-0.15, -0.1) is 0 Å². The summed E-state index contributed by atoms with van der Waals surface area (Å²) in [6.45, 7) is 4.08. The molecule has 2 atom stereocenters. The van der Waals surface area contributed by atoms with Gasteiger partial charge >= 0.3 is 11.9 Å². The van der Waals surface area contributed by atoms with Crippen molar-refractivity contribution >= 4 is 19.8 Å². The Morgan fingerprint density at radius 2 is 0.891 bits per heavy atom. The quantitative estimate of drug-likeness (QED) is 0.0195. The third-order valence-electron chi connectivity index (χ3n) is 10.7. The van der Waals surface area contributed by atoms with Crippen LogP contribution in [-0.2, 0) is 32.7 Å². The molecule has 0 amide bonds. The van der Waals surface area contributed by atoms with Crippen molar-refractivity contribution in [2.24, 2.45) is 0 Å². The summed E-state index contributed by atoms with van der Waals surface area (Å²) in [5, 5.41) is 0. The van der Waals surface area contributed by atoms with Crippen LogP contribution < -0.4 is 4.89 Å². The van der Waals surface area contributed by atoms with Gasteiger partial charge in [0.2, 0.25) is 0 Å². The molecular formula is C54H96NO8P. The van der Waals surface area contributed by atoms with E-state index in [0.717, 1.165) is 89.9 Å². The van der Waals surface area contributed by atoms with Crippen molar-refractivity contribution in [2.45, 2.75) is 213 Å². The molecule has 2 unspecified atom stereocenters. The van der Waals surface area contributed by atoms with Crippen molar-refractivity contribution in [1.82, 2.24) is 0 Å². The first-order valence-corrected chi connectivity index (χ1v) is 27.1. The first-order valence-electron chi connectivity index (χ1n) is 25.6. The minimum atomic E-state index is -4.64. The van der Waals surface area contributed by atoms with E-state index in [1.165, 1.54) is 83.5 Å². The summed E-state index contributed by atoms with van der Waals surface area (Å²) in [7, 11) is 1.15. The SMILES string of the molecule is CC/C=C\C/C=C\C/C=C\C/C=C\CCCCCCCCCCC(=O)OC(COC(=O)CCCCCCCCCCC/C=C\C/C=C\CCCCC)COP(=O)([O-])OCC[N+](C)(C)C. The molecule has 0 aromatic heterocycles. The molecule has 0 aliphatic carbocycles. The number of nitrogens with zero attached hydrogens (tertiary/aromatic N) is 1. The number of phosphoric acid groups is 1. The summed E-state index contributed by atoms with van der Waals surface area (Å²) in [5.74, 6) is -0.849. The Bertz CT molecular complexity index is 1310. The number of unbranched alkanes of at least 4 members (excludes halogenated alkanes) is 20. The van der Waals surface area contributed by atoms with Crippen LogP contribution in [0.4, 0.5) is 0 Å². The highest BCUT2D eigenvalue weighted by Crippen LogP contribution is 2.38. The van der Waals surface area contributed by atoms with E-state index in [4.69, 9.17) is 18.5 Å². The summed E-state index contributed by atoms with van der Waals surface area (Å²) in [4.78, 5) is 37.7. The van der Waals surface area contributed by atoms with Crippen LogP contribution in [0, 0.1) is 0 Å². The maximum absolute atomic E-state index is 12.7. The highest BCUT2D eigenvalue weighted by Gasteiger charge is 2.21. The fourth-order valence-electron chi connectivity index (χ4n) is 6.73. The van der Waals surface area contributed by atoms with Gasteiger partial charge in [0, 0.05) is 12.8 Å². The number of carbonyl (C=O) groups is 2. The van der Waals surface area contributed by atoms with E-state index in [-0.39, 0.29) is 26.1 Å². The zero-order valence-corrected chi connectivity index (χ0v) is 42.6. The number of rotatable bonds is 46. The van der Waals surface area contributed by atoms with Gasteiger partial charge in [0.25, 0.3) is 7.82 Å². The molecule has 0 fully saturated rings. The Kier molecular flexibility index (Phi) is 43.8. The molecule has 370 valence electrons. The molecule has 0 aliphatic heterocycles. The van der Waals surface area contributed by atoms with Crippen LogP contribution >= 0.6 is 7.82 Å². The van der Waals surface area contributed by atoms with Crippen LogP contribution in [0.15, 0.2) is 72.9 Å². The average Bonchev–Trinajstić information content (AvgIpc) is 3.25. The molecule has 0 saturated carbocycles. The van der Waals surface area contributed by atoms with E-state index in [1.54, 1.807) is 0 Å². The van der Waals surface area contributed by atoms with Crippen molar-refractivity contribution in [3.63, 3.8) is 0 Å². The van der Waals surface area contributed by atoms with Crippen molar-refractivity contribution < 1.29 is 42.1 Å². The van der Waals surface area contributed by atoms with Crippen molar-refractivity contribution in [2.75, 3.05) is 47.5 Å². The predicted octanol–water partition coefficient (Wildman–Crippen LogP) is 14.7. The highest BCUT2D eigenvalue weighted by atomic mass is 31.2. The fourth-order valence-corrected chi connectivity index (χ4v) is 7.46. The summed E-state index contributed by atoms with van der Waals surface area (Å²) >= 11 is 0. The number of quaternary nitrogens is 1. The molecule has 64 heavy (non-hydrogen) atoms.